The number of Topliss-reactive ketones (excluding diaryl/α,β-unsaturated/α-hetero) is 1. The number of rotatable bonds is 5. The summed E-state index contributed by atoms with van der Waals surface area (Å²) in [5.74, 6) is -8.56. The summed E-state index contributed by atoms with van der Waals surface area (Å²) < 4.78 is 23.6. The number of hydrogen-bond acceptors (Lipinski definition) is 14. The van der Waals surface area contributed by atoms with Crippen LogP contribution in [-0.4, -0.2) is 111 Å². The Balaban J connectivity index is 1.69. The lowest BCUT2D eigenvalue weighted by molar-refractivity contribution is -0.160. The van der Waals surface area contributed by atoms with Crippen molar-refractivity contribution in [1.82, 2.24) is 4.90 Å². The number of phenolic OH excluding ortho intramolecular Hbond substituents is 3. The third-order valence-corrected chi connectivity index (χ3v) is 11.9. The highest BCUT2D eigenvalue weighted by atomic mass is 16.7. The van der Waals surface area contributed by atoms with Crippen LogP contribution < -0.4 is 10.1 Å². The molecule has 6 rings (SSSR count). The quantitative estimate of drug-likeness (QED) is 0.0539. The third kappa shape index (κ3) is 9.15. The highest BCUT2D eigenvalue weighted by molar-refractivity contribution is 6.23. The molecule has 16 nitrogen and oxygen atoms in total. The number of nitrogens with zero attached hydrogens (tertiary/aromatic N) is 3. The molecule has 60 heavy (non-hydrogen) atoms. The van der Waals surface area contributed by atoms with Gasteiger partial charge in [0, 0.05) is 74.2 Å². The van der Waals surface area contributed by atoms with E-state index in [1.807, 2.05) is 4.90 Å². The number of ether oxygens (including phenoxy) is 4. The summed E-state index contributed by atoms with van der Waals surface area (Å²) in [4.78, 5) is 42.4. The monoisotopic (exact) mass is 834 g/mol. The van der Waals surface area contributed by atoms with E-state index in [9.17, 15) is 39.9 Å². The van der Waals surface area contributed by atoms with Gasteiger partial charge in [-0.3, -0.25) is 14.4 Å². The van der Waals surface area contributed by atoms with Crippen molar-refractivity contribution in [3.63, 3.8) is 0 Å². The van der Waals surface area contributed by atoms with Gasteiger partial charge >= 0.3 is 11.8 Å². The minimum Gasteiger partial charge on any atom is -0.507 e. The highest BCUT2D eigenvalue weighted by Gasteiger charge is 2.50. The summed E-state index contributed by atoms with van der Waals surface area (Å²) in [5, 5.41) is 68.6. The summed E-state index contributed by atoms with van der Waals surface area (Å²) in [6.07, 6.45) is 9.29. The van der Waals surface area contributed by atoms with Gasteiger partial charge in [-0.05, 0) is 39.2 Å². The number of aromatic hydroxyl groups is 3. The van der Waals surface area contributed by atoms with Crippen LogP contribution in [0.25, 0.3) is 10.8 Å². The molecular weight excluding hydrogens is 776 g/mol. The minimum atomic E-state index is -2.06. The molecule has 0 unspecified atom stereocenters. The number of fused-ring (bicyclic) bond motifs is 14. The maximum Gasteiger partial charge on any atom is 0.312 e. The fraction of sp³-hybridized carbons (Fsp3) is 0.523. The molecule has 0 radical (unpaired) electrons. The Kier molecular flexibility index (Phi) is 14.3. The molecule has 9 atom stereocenters. The van der Waals surface area contributed by atoms with Gasteiger partial charge in [-0.15, -0.1) is 5.10 Å². The molecular formula is C44H58N4O12. The van der Waals surface area contributed by atoms with E-state index in [0.29, 0.717) is 0 Å². The number of esters is 1. The number of methoxy groups -OCH3 is 1. The Labute approximate surface area is 349 Å². The van der Waals surface area contributed by atoms with Gasteiger partial charge in [0.05, 0.1) is 53.0 Å². The van der Waals surface area contributed by atoms with Crippen LogP contribution in [0, 0.1) is 30.6 Å². The number of aliphatic hydroxyl groups is 2. The first-order valence-electron chi connectivity index (χ1n) is 20.2. The predicted octanol–water partition coefficient (Wildman–Crippen LogP) is 5.60. The Hall–Kier alpha value is -5.45. The number of ketones is 1. The maximum absolute atomic E-state index is 14.4. The van der Waals surface area contributed by atoms with Gasteiger partial charge in [0.2, 0.25) is 0 Å². The summed E-state index contributed by atoms with van der Waals surface area (Å²) >= 11 is 0. The smallest absolute Gasteiger partial charge is 0.312 e. The van der Waals surface area contributed by atoms with E-state index in [0.717, 1.165) is 38.6 Å². The Morgan fingerprint density at radius 1 is 0.933 bits per heavy atom. The second-order valence-electron chi connectivity index (χ2n) is 16.2. The average molecular weight is 835 g/mol. The zero-order chi connectivity index (χ0) is 44.2. The van der Waals surface area contributed by atoms with E-state index in [1.165, 1.54) is 53.2 Å². The normalized spacial score (nSPS) is 31.0. The summed E-state index contributed by atoms with van der Waals surface area (Å²) in [6, 6.07) is 0. The molecule has 4 aliphatic heterocycles. The maximum atomic E-state index is 14.4. The number of aliphatic hydroxyl groups excluding tert-OH is 2. The molecule has 4 aliphatic rings. The first-order chi connectivity index (χ1) is 28.3. The molecule has 326 valence electrons. The molecule has 16 heteroatoms. The molecule has 1 saturated heterocycles. The van der Waals surface area contributed by atoms with Crippen molar-refractivity contribution in [2.24, 2.45) is 33.9 Å². The van der Waals surface area contributed by atoms with Crippen molar-refractivity contribution in [3.05, 3.63) is 52.8 Å². The summed E-state index contributed by atoms with van der Waals surface area (Å²) in [6.45, 7) is 14.1. The van der Waals surface area contributed by atoms with Crippen molar-refractivity contribution in [2.75, 3.05) is 25.5 Å². The Bertz CT molecular complexity index is 2120. The van der Waals surface area contributed by atoms with Crippen molar-refractivity contribution in [3.8, 4) is 23.0 Å². The lowest BCUT2D eigenvalue weighted by Crippen LogP contribution is -2.46. The number of hydrogen-bond donors (Lipinski definition) is 6. The topological polar surface area (TPSA) is 229 Å². The SMILES string of the molecule is CO[C@H]1C=CO[C@@]2(C)Oc3c(C)c(O)c4c(O)c(c(/C=N/N=C/N5CCCCC5)c(O)c4c3C2=O)NC(=O)/C(C)=C\C=C/[C@H](C)[C@H](O)[C@@H](C)[C@@H](O)[C@@H](C)[C@H](OC(C)=O)[C@@H]1C. The van der Waals surface area contributed by atoms with E-state index in [-0.39, 0.29) is 44.5 Å². The highest BCUT2D eigenvalue weighted by Crippen LogP contribution is 2.55. The number of amides is 1. The third-order valence-electron chi connectivity index (χ3n) is 11.9. The number of likely N-dealkylation sites (tertiary alicyclic amines) is 1. The van der Waals surface area contributed by atoms with Crippen LogP contribution in [0.2, 0.25) is 0 Å². The van der Waals surface area contributed by atoms with E-state index in [2.05, 4.69) is 15.5 Å². The summed E-state index contributed by atoms with van der Waals surface area (Å²) in [7, 11) is 1.43. The molecule has 1 fully saturated rings. The van der Waals surface area contributed by atoms with Crippen LogP contribution in [0.4, 0.5) is 5.69 Å². The van der Waals surface area contributed by atoms with Crippen LogP contribution >= 0.6 is 0 Å². The van der Waals surface area contributed by atoms with Crippen molar-refractivity contribution in [2.45, 2.75) is 105 Å². The molecule has 6 N–H and O–H groups in total. The zero-order valence-corrected chi connectivity index (χ0v) is 35.6. The lowest BCUT2D eigenvalue weighted by atomic mass is 9.78. The molecule has 0 aliphatic carbocycles. The van der Waals surface area contributed by atoms with E-state index in [1.54, 1.807) is 46.2 Å². The second-order valence-corrected chi connectivity index (χ2v) is 16.2. The number of allylic oxidation sites excluding steroid dienone is 2. The molecule has 0 saturated carbocycles. The lowest BCUT2D eigenvalue weighted by Gasteiger charge is -2.38. The van der Waals surface area contributed by atoms with Gasteiger partial charge in [0.25, 0.3) is 11.7 Å². The first-order valence-corrected chi connectivity index (χ1v) is 20.2. The van der Waals surface area contributed by atoms with Crippen LogP contribution in [0.3, 0.4) is 0 Å². The van der Waals surface area contributed by atoms with Gasteiger partial charge in [-0.1, -0.05) is 45.9 Å². The number of phenols is 3. The fourth-order valence-corrected chi connectivity index (χ4v) is 8.10. The Morgan fingerprint density at radius 2 is 1.62 bits per heavy atom. The molecule has 4 heterocycles. The van der Waals surface area contributed by atoms with Gasteiger partial charge in [-0.2, -0.15) is 5.10 Å². The van der Waals surface area contributed by atoms with Crippen molar-refractivity contribution >= 4 is 46.7 Å². The predicted molar refractivity (Wildman–Crippen MR) is 225 cm³/mol. The number of piperidine rings is 1. The molecule has 5 bridgehead atoms. The number of carbonyl (C=O) groups is 3. The van der Waals surface area contributed by atoms with Gasteiger partial charge in [0.1, 0.15) is 29.7 Å². The standard InChI is InChI=1S/C44H58N4O12/c1-22-14-13-15-23(2)43(56)47-34-29(20-45-46-21-48-17-11-10-12-18-48)38(53)31-32(39(34)54)37(52)27(6)41-33(31)42(55)44(8,60-41)58-19-16-30(57-9)24(3)40(59-28(7)49)26(5)36(51)25(4)35(22)50/h13-16,19-22,24-26,30,35-36,40,50-54H,10-12,17-18H2,1-9H3,(H,47,56)/b14-13-,19-16?,23-15-,45-20+,46-21+/t22-,24+,25+,26+,30-,35-,36+,40+,44-/m0/s1. The number of nitrogens with one attached hydrogen (secondary N) is 1. The van der Waals surface area contributed by atoms with E-state index in [4.69, 9.17) is 18.9 Å². The zero-order valence-electron chi connectivity index (χ0n) is 35.6. The van der Waals surface area contributed by atoms with Crippen LogP contribution in [0.1, 0.15) is 89.2 Å². The second kappa shape index (κ2) is 18.9. The van der Waals surface area contributed by atoms with Gasteiger partial charge in [-0.25, -0.2) is 0 Å². The largest absolute Gasteiger partial charge is 0.507 e. The Morgan fingerprint density at radius 3 is 2.27 bits per heavy atom. The van der Waals surface area contributed by atoms with E-state index < -0.39 is 88.8 Å². The molecule has 0 aromatic heterocycles. The number of benzene rings is 2. The van der Waals surface area contributed by atoms with Gasteiger partial charge in [0.15, 0.2) is 5.75 Å². The van der Waals surface area contributed by atoms with Crippen molar-refractivity contribution < 1.29 is 58.9 Å². The molecule has 2 aromatic carbocycles. The molecule has 1 amide bonds. The molecule has 0 spiro atoms. The van der Waals surface area contributed by atoms with Crippen LogP contribution in [-0.2, 0) is 23.8 Å². The van der Waals surface area contributed by atoms with Crippen molar-refractivity contribution in [1.29, 1.82) is 0 Å². The number of anilines is 1. The van der Waals surface area contributed by atoms with E-state index >= 15 is 0 Å². The first kappa shape index (κ1) is 45.6. The fourth-order valence-electron chi connectivity index (χ4n) is 8.10. The van der Waals surface area contributed by atoms with Gasteiger partial charge < -0.3 is 54.7 Å². The molecule has 2 aromatic rings. The minimum absolute atomic E-state index is 0.0408. The van der Waals surface area contributed by atoms with Crippen LogP contribution in [0.5, 0.6) is 23.0 Å². The number of carbonyl (C=O) groups excluding carboxylic acids is 3. The van der Waals surface area contributed by atoms with Crippen LogP contribution in [0.15, 0.2) is 46.3 Å². The average Bonchev–Trinajstić information content (AvgIpc) is 3.48. The summed E-state index contributed by atoms with van der Waals surface area (Å²) in [5.41, 5.74) is -0.544.